The minimum Gasteiger partial charge on any atom is -0.345 e. The molecule has 3 aromatic rings. The van der Waals surface area contributed by atoms with E-state index in [0.29, 0.717) is 35.1 Å². The molecule has 0 aliphatic rings. The van der Waals surface area contributed by atoms with Crippen molar-refractivity contribution >= 4 is 28.4 Å². The van der Waals surface area contributed by atoms with E-state index >= 15 is 0 Å². The van der Waals surface area contributed by atoms with Gasteiger partial charge in [-0.2, -0.15) is 0 Å². The predicted octanol–water partition coefficient (Wildman–Crippen LogP) is 2.83. The summed E-state index contributed by atoms with van der Waals surface area (Å²) in [6, 6.07) is 12.4. The number of fused-ring (bicyclic) bond motifs is 1. The van der Waals surface area contributed by atoms with E-state index in [4.69, 9.17) is 0 Å². The van der Waals surface area contributed by atoms with E-state index < -0.39 is 0 Å². The van der Waals surface area contributed by atoms with Crippen LogP contribution in [0.5, 0.6) is 0 Å². The zero-order valence-electron chi connectivity index (χ0n) is 16.8. The Bertz CT molecular complexity index is 1120. The van der Waals surface area contributed by atoms with Crippen molar-refractivity contribution in [3.63, 3.8) is 0 Å². The van der Waals surface area contributed by atoms with Gasteiger partial charge in [-0.1, -0.05) is 18.2 Å². The van der Waals surface area contributed by atoms with Crippen molar-refractivity contribution in [2.45, 2.75) is 26.3 Å². The fourth-order valence-corrected chi connectivity index (χ4v) is 3.12. The summed E-state index contributed by atoms with van der Waals surface area (Å²) >= 11 is 0. The minimum atomic E-state index is -0.169. The highest BCUT2D eigenvalue weighted by Crippen LogP contribution is 2.13. The zero-order valence-corrected chi connectivity index (χ0v) is 16.8. The number of aromatic nitrogens is 2. The number of anilines is 1. The Balaban J connectivity index is 1.60. The van der Waals surface area contributed by atoms with Crippen molar-refractivity contribution in [3.05, 3.63) is 70.3 Å². The summed E-state index contributed by atoms with van der Waals surface area (Å²) in [7, 11) is 3.36. The number of carbonyl (C=O) groups excluding carboxylic acids is 2. The predicted molar refractivity (Wildman–Crippen MR) is 113 cm³/mol. The molecule has 3 rings (SSSR count). The molecule has 1 N–H and O–H groups in total. The Morgan fingerprint density at radius 1 is 1.14 bits per heavy atom. The number of para-hydroxylation sites is 1. The van der Waals surface area contributed by atoms with Crippen LogP contribution in [0.15, 0.2) is 53.6 Å². The average molecular weight is 392 g/mol. The van der Waals surface area contributed by atoms with Crippen molar-refractivity contribution in [2.24, 2.45) is 0 Å². The van der Waals surface area contributed by atoms with Gasteiger partial charge < -0.3 is 10.2 Å². The second-order valence-electron chi connectivity index (χ2n) is 7.15. The first kappa shape index (κ1) is 20.3. The fourth-order valence-electron chi connectivity index (χ4n) is 3.12. The number of carbonyl (C=O) groups is 2. The molecule has 0 aliphatic carbocycles. The normalized spacial score (nSPS) is 10.7. The first-order chi connectivity index (χ1) is 13.9. The molecule has 0 fully saturated rings. The van der Waals surface area contributed by atoms with E-state index in [1.165, 1.54) is 15.8 Å². The van der Waals surface area contributed by atoms with Crippen LogP contribution in [0.1, 0.15) is 28.8 Å². The minimum absolute atomic E-state index is 0.103. The highest BCUT2D eigenvalue weighted by atomic mass is 16.2. The Kier molecular flexibility index (Phi) is 6.07. The molecule has 0 spiro atoms. The Morgan fingerprint density at radius 2 is 1.90 bits per heavy atom. The first-order valence-corrected chi connectivity index (χ1v) is 9.43. The van der Waals surface area contributed by atoms with Gasteiger partial charge in [0.2, 0.25) is 5.91 Å². The summed E-state index contributed by atoms with van der Waals surface area (Å²) in [6.07, 6.45) is 2.29. The monoisotopic (exact) mass is 392 g/mol. The van der Waals surface area contributed by atoms with Crippen molar-refractivity contribution in [1.29, 1.82) is 0 Å². The summed E-state index contributed by atoms with van der Waals surface area (Å²) in [5.41, 5.74) is 2.65. The second-order valence-corrected chi connectivity index (χ2v) is 7.15. The van der Waals surface area contributed by atoms with Gasteiger partial charge >= 0.3 is 0 Å². The topological polar surface area (TPSA) is 84.3 Å². The third-order valence-electron chi connectivity index (χ3n) is 4.66. The van der Waals surface area contributed by atoms with Crippen molar-refractivity contribution in [1.82, 2.24) is 14.5 Å². The molecule has 29 heavy (non-hydrogen) atoms. The summed E-state index contributed by atoms with van der Waals surface area (Å²) in [5.74, 6) is -0.295. The third kappa shape index (κ3) is 4.68. The van der Waals surface area contributed by atoms with Crippen molar-refractivity contribution < 1.29 is 9.59 Å². The van der Waals surface area contributed by atoms with Crippen LogP contribution in [-0.4, -0.2) is 40.4 Å². The largest absolute Gasteiger partial charge is 0.345 e. The molecule has 0 radical (unpaired) electrons. The highest BCUT2D eigenvalue weighted by molar-refractivity contribution is 5.97. The van der Waals surface area contributed by atoms with Gasteiger partial charge in [0.1, 0.15) is 0 Å². The van der Waals surface area contributed by atoms with Crippen LogP contribution in [0.3, 0.4) is 0 Å². The molecule has 0 atom stereocenters. The number of nitrogens with one attached hydrogen (secondary N) is 1. The van der Waals surface area contributed by atoms with Gasteiger partial charge in [-0.05, 0) is 43.2 Å². The standard InChI is InChI=1S/C22H24N4O3/c1-15-7-4-10-18-20(15)23-14-26(22(18)29)12-6-11-19(27)24-17-9-5-8-16(13-17)21(28)25(2)3/h4-5,7-10,13-14H,6,11-12H2,1-3H3,(H,24,27). The van der Waals surface area contributed by atoms with Gasteiger partial charge in [0.15, 0.2) is 0 Å². The molecule has 0 bridgehead atoms. The summed E-state index contributed by atoms with van der Waals surface area (Å²) in [4.78, 5) is 42.7. The number of rotatable bonds is 6. The lowest BCUT2D eigenvalue weighted by Crippen LogP contribution is -2.22. The van der Waals surface area contributed by atoms with Gasteiger partial charge in [-0.3, -0.25) is 19.0 Å². The number of hydrogen-bond donors (Lipinski definition) is 1. The lowest BCUT2D eigenvalue weighted by molar-refractivity contribution is -0.116. The maximum atomic E-state index is 12.6. The lowest BCUT2D eigenvalue weighted by Gasteiger charge is -2.12. The molecular formula is C22H24N4O3. The molecule has 0 unspecified atom stereocenters. The van der Waals surface area contributed by atoms with Crippen LogP contribution in [0.25, 0.3) is 10.9 Å². The highest BCUT2D eigenvalue weighted by Gasteiger charge is 2.10. The molecule has 0 aliphatic heterocycles. The van der Waals surface area contributed by atoms with Gasteiger partial charge in [-0.25, -0.2) is 4.98 Å². The number of aryl methyl sites for hydroxylation is 2. The third-order valence-corrected chi connectivity index (χ3v) is 4.66. The first-order valence-electron chi connectivity index (χ1n) is 9.43. The molecule has 1 heterocycles. The quantitative estimate of drug-likeness (QED) is 0.699. The smallest absolute Gasteiger partial charge is 0.261 e. The molecule has 2 aromatic carbocycles. The molecule has 7 nitrogen and oxygen atoms in total. The summed E-state index contributed by atoms with van der Waals surface area (Å²) in [5, 5.41) is 3.38. The van der Waals surface area contributed by atoms with Crippen LogP contribution in [0.4, 0.5) is 5.69 Å². The van der Waals surface area contributed by atoms with Crippen LogP contribution >= 0.6 is 0 Å². The van der Waals surface area contributed by atoms with E-state index in [1.807, 2.05) is 19.1 Å². The van der Waals surface area contributed by atoms with Gasteiger partial charge in [0.25, 0.3) is 11.5 Å². The number of nitrogens with zero attached hydrogens (tertiary/aromatic N) is 3. The van der Waals surface area contributed by atoms with Gasteiger partial charge in [-0.15, -0.1) is 0 Å². The number of hydrogen-bond acceptors (Lipinski definition) is 4. The molecule has 7 heteroatoms. The van der Waals surface area contributed by atoms with E-state index in [2.05, 4.69) is 10.3 Å². The van der Waals surface area contributed by atoms with Gasteiger partial charge in [0.05, 0.1) is 17.2 Å². The number of benzene rings is 2. The van der Waals surface area contributed by atoms with Crippen LogP contribution in [-0.2, 0) is 11.3 Å². The lowest BCUT2D eigenvalue weighted by atomic mass is 10.1. The van der Waals surface area contributed by atoms with E-state index in [1.54, 1.807) is 44.4 Å². The molecule has 2 amide bonds. The summed E-state index contributed by atoms with van der Waals surface area (Å²) in [6.45, 7) is 2.33. The van der Waals surface area contributed by atoms with Crippen molar-refractivity contribution in [3.8, 4) is 0 Å². The molecule has 1 aromatic heterocycles. The summed E-state index contributed by atoms with van der Waals surface area (Å²) < 4.78 is 1.53. The zero-order chi connectivity index (χ0) is 21.0. The van der Waals surface area contributed by atoms with Crippen LogP contribution in [0.2, 0.25) is 0 Å². The number of amides is 2. The molecule has 0 saturated carbocycles. The van der Waals surface area contributed by atoms with E-state index in [9.17, 15) is 14.4 Å². The Labute approximate surface area is 169 Å². The molecule has 0 saturated heterocycles. The van der Waals surface area contributed by atoms with Gasteiger partial charge in [0, 0.05) is 38.3 Å². The maximum absolute atomic E-state index is 12.6. The molecule has 150 valence electrons. The Hall–Kier alpha value is -3.48. The van der Waals surface area contributed by atoms with Crippen molar-refractivity contribution in [2.75, 3.05) is 19.4 Å². The second kappa shape index (κ2) is 8.68. The SMILES string of the molecule is Cc1cccc2c(=O)n(CCCC(=O)Nc3cccc(C(=O)N(C)C)c3)cnc12. The van der Waals surface area contributed by atoms with E-state index in [-0.39, 0.29) is 23.8 Å². The van der Waals surface area contributed by atoms with Crippen LogP contribution < -0.4 is 10.9 Å². The fraction of sp³-hybridized carbons (Fsp3) is 0.273. The van der Waals surface area contributed by atoms with E-state index in [0.717, 1.165) is 5.56 Å². The van der Waals surface area contributed by atoms with Crippen LogP contribution in [0, 0.1) is 6.92 Å². The molecular weight excluding hydrogens is 368 g/mol. The average Bonchev–Trinajstić information content (AvgIpc) is 2.69. The Morgan fingerprint density at radius 3 is 2.66 bits per heavy atom. The maximum Gasteiger partial charge on any atom is 0.261 e.